The average Bonchev–Trinajstić information content (AvgIpc) is 3.95. The number of para-hydroxylation sites is 4. The van der Waals surface area contributed by atoms with Crippen molar-refractivity contribution in [2.75, 3.05) is 4.90 Å². The number of pyridine rings is 1. The predicted octanol–water partition coefficient (Wildman–Crippen LogP) is 13.2. The van der Waals surface area contributed by atoms with Gasteiger partial charge in [-0.3, -0.25) is 4.40 Å². The van der Waals surface area contributed by atoms with E-state index in [0.717, 1.165) is 33.7 Å². The molecule has 0 fully saturated rings. The van der Waals surface area contributed by atoms with E-state index in [2.05, 4.69) is 184 Å². The highest BCUT2D eigenvalue weighted by Crippen LogP contribution is 2.51. The number of anilines is 3. The van der Waals surface area contributed by atoms with Gasteiger partial charge in [-0.05, 0) is 41.1 Å². The Labute approximate surface area is 302 Å². The van der Waals surface area contributed by atoms with Crippen LogP contribution in [0.25, 0.3) is 97.9 Å². The van der Waals surface area contributed by atoms with Crippen molar-refractivity contribution in [1.29, 1.82) is 0 Å². The molecule has 0 saturated carbocycles. The molecule has 0 N–H and O–H groups in total. The van der Waals surface area contributed by atoms with Gasteiger partial charge >= 0.3 is 0 Å². The minimum absolute atomic E-state index is 0.986. The Bertz CT molecular complexity index is 3580. The zero-order chi connectivity index (χ0) is 34.4. The first kappa shape index (κ1) is 27.5. The summed E-state index contributed by atoms with van der Waals surface area (Å²) in [7, 11) is 0. The molecule has 0 unspecified atom stereocenters. The maximum absolute atomic E-state index is 5.48. The summed E-state index contributed by atoms with van der Waals surface area (Å²) in [6, 6.07) is 59.7. The van der Waals surface area contributed by atoms with Crippen molar-refractivity contribution in [3.63, 3.8) is 0 Å². The van der Waals surface area contributed by atoms with Crippen molar-refractivity contribution >= 4 is 115 Å². The Morgan fingerprint density at radius 3 is 1.68 bits per heavy atom. The zero-order valence-corrected chi connectivity index (χ0v) is 28.5. The third-order valence-corrected chi connectivity index (χ3v) is 11.7. The molecule has 0 aliphatic rings. The van der Waals surface area contributed by atoms with Crippen LogP contribution in [-0.4, -0.2) is 13.8 Å². The molecule has 244 valence electrons. The summed E-state index contributed by atoms with van der Waals surface area (Å²) >= 11 is 0. The first-order valence-corrected chi connectivity index (χ1v) is 18.2. The molecule has 13 rings (SSSR count). The lowest BCUT2D eigenvalue weighted by atomic mass is 10.00. The summed E-state index contributed by atoms with van der Waals surface area (Å²) in [5.41, 5.74) is 10.4. The zero-order valence-electron chi connectivity index (χ0n) is 28.5. The predicted molar refractivity (Wildman–Crippen MR) is 223 cm³/mol. The summed E-state index contributed by atoms with van der Waals surface area (Å²) in [6.45, 7) is 0. The fraction of sp³-hybridized carbons (Fsp3) is 0. The molecule has 0 spiro atoms. The fourth-order valence-electron chi connectivity index (χ4n) is 9.69. The molecule has 5 heterocycles. The van der Waals surface area contributed by atoms with Gasteiger partial charge in [0, 0.05) is 65.2 Å². The first-order chi connectivity index (χ1) is 26.3. The van der Waals surface area contributed by atoms with Gasteiger partial charge in [-0.25, -0.2) is 4.98 Å². The van der Waals surface area contributed by atoms with Crippen LogP contribution in [0, 0.1) is 0 Å². The minimum Gasteiger partial charge on any atom is -0.308 e. The van der Waals surface area contributed by atoms with Crippen LogP contribution in [0.5, 0.6) is 0 Å². The van der Waals surface area contributed by atoms with E-state index in [-0.39, 0.29) is 0 Å². The quantitative estimate of drug-likeness (QED) is 0.187. The van der Waals surface area contributed by atoms with Gasteiger partial charge in [-0.2, -0.15) is 0 Å². The van der Waals surface area contributed by atoms with E-state index >= 15 is 0 Å². The molecule has 53 heavy (non-hydrogen) atoms. The molecule has 0 atom stereocenters. The minimum atomic E-state index is 0.986. The lowest BCUT2D eigenvalue weighted by molar-refractivity contribution is 1.24. The molecule has 0 saturated heterocycles. The second-order valence-electron chi connectivity index (χ2n) is 14.3. The number of benzene rings is 8. The van der Waals surface area contributed by atoms with Crippen LogP contribution in [0.3, 0.4) is 0 Å². The van der Waals surface area contributed by atoms with Crippen LogP contribution in [0.1, 0.15) is 0 Å². The summed E-state index contributed by atoms with van der Waals surface area (Å²) in [6.07, 6.45) is 2.13. The van der Waals surface area contributed by atoms with E-state index in [1.165, 1.54) is 81.2 Å². The Morgan fingerprint density at radius 1 is 0.377 bits per heavy atom. The number of aromatic nitrogens is 3. The van der Waals surface area contributed by atoms with E-state index in [0.29, 0.717) is 0 Å². The van der Waals surface area contributed by atoms with Gasteiger partial charge in [0.05, 0.1) is 39.5 Å². The lowest BCUT2D eigenvalue weighted by Crippen LogP contribution is -2.11. The molecule has 0 amide bonds. The highest BCUT2D eigenvalue weighted by molar-refractivity contribution is 6.37. The van der Waals surface area contributed by atoms with E-state index < -0.39 is 0 Å². The molecule has 4 nitrogen and oxygen atoms in total. The van der Waals surface area contributed by atoms with Crippen molar-refractivity contribution in [3.05, 3.63) is 170 Å². The van der Waals surface area contributed by atoms with E-state index in [1.807, 2.05) is 0 Å². The van der Waals surface area contributed by atoms with E-state index in [9.17, 15) is 0 Å². The highest BCUT2D eigenvalue weighted by atomic mass is 15.2. The molecule has 0 bridgehead atoms. The standard InChI is InChI=1S/C49H28N4/c1-3-15-31(16-4-1)51(32-17-5-2-6-18-32)47-34-20-10-8-14-30(34)27-40-36-22-12-24-39-43-42-38-23-11-21-35-37-26-25-29-13-7-9-19-33(29)44(37)52(45(35)38)41(42)28-50-49(43)53(46(36)39)48(40)47/h1-28H. The summed E-state index contributed by atoms with van der Waals surface area (Å²) in [4.78, 5) is 7.91. The van der Waals surface area contributed by atoms with Gasteiger partial charge in [0.15, 0.2) is 0 Å². The third kappa shape index (κ3) is 3.34. The van der Waals surface area contributed by atoms with Crippen molar-refractivity contribution in [3.8, 4) is 0 Å². The largest absolute Gasteiger partial charge is 0.308 e. The lowest BCUT2D eigenvalue weighted by Gasteiger charge is -2.28. The molecule has 0 aliphatic carbocycles. The van der Waals surface area contributed by atoms with E-state index in [1.54, 1.807) is 0 Å². The SMILES string of the molecule is c1ccc(N(c2ccccc2)c2c3ccccc3cc3c4cccc5c6c7c8cccc9c%10ccc%11ccccc%11c%10n(c7cnc6n(c23)c45)c98)cc1. The van der Waals surface area contributed by atoms with Crippen LogP contribution in [0.15, 0.2) is 170 Å². The molecule has 0 aliphatic heterocycles. The van der Waals surface area contributed by atoms with Gasteiger partial charge in [-0.15, -0.1) is 0 Å². The van der Waals surface area contributed by atoms with Gasteiger partial charge in [0.1, 0.15) is 5.65 Å². The van der Waals surface area contributed by atoms with E-state index in [4.69, 9.17) is 4.98 Å². The maximum Gasteiger partial charge on any atom is 0.146 e. The molecule has 13 aromatic rings. The Morgan fingerprint density at radius 2 is 0.925 bits per heavy atom. The number of hydrogen-bond acceptors (Lipinski definition) is 2. The van der Waals surface area contributed by atoms with Crippen LogP contribution in [-0.2, 0) is 0 Å². The van der Waals surface area contributed by atoms with Crippen molar-refractivity contribution in [2.45, 2.75) is 0 Å². The van der Waals surface area contributed by atoms with Gasteiger partial charge in [-0.1, -0.05) is 133 Å². The smallest absolute Gasteiger partial charge is 0.146 e. The Hall–Kier alpha value is -7.17. The van der Waals surface area contributed by atoms with Crippen LogP contribution >= 0.6 is 0 Å². The molecule has 5 aromatic heterocycles. The number of nitrogens with zero attached hydrogens (tertiary/aromatic N) is 4. The Balaban J connectivity index is 1.27. The van der Waals surface area contributed by atoms with Gasteiger partial charge < -0.3 is 9.30 Å². The second kappa shape index (κ2) is 9.78. The molecule has 4 heteroatoms. The molecular formula is C49H28N4. The number of rotatable bonds is 3. The molecule has 0 radical (unpaired) electrons. The third-order valence-electron chi connectivity index (χ3n) is 11.7. The highest BCUT2D eigenvalue weighted by Gasteiger charge is 2.28. The number of fused-ring (bicyclic) bond motifs is 16. The summed E-state index contributed by atoms with van der Waals surface area (Å²) < 4.78 is 4.96. The van der Waals surface area contributed by atoms with Gasteiger partial charge in [0.25, 0.3) is 0 Å². The summed E-state index contributed by atoms with van der Waals surface area (Å²) in [5, 5.41) is 14.9. The van der Waals surface area contributed by atoms with Crippen molar-refractivity contribution < 1.29 is 0 Å². The molecular weight excluding hydrogens is 645 g/mol. The fourth-order valence-corrected chi connectivity index (χ4v) is 9.69. The summed E-state index contributed by atoms with van der Waals surface area (Å²) in [5.74, 6) is 0. The van der Waals surface area contributed by atoms with Crippen LogP contribution in [0.2, 0.25) is 0 Å². The topological polar surface area (TPSA) is 24.9 Å². The average molecular weight is 673 g/mol. The molecule has 8 aromatic carbocycles. The van der Waals surface area contributed by atoms with Crippen LogP contribution < -0.4 is 4.90 Å². The normalized spacial score (nSPS) is 12.5. The van der Waals surface area contributed by atoms with Crippen LogP contribution in [0.4, 0.5) is 17.1 Å². The first-order valence-electron chi connectivity index (χ1n) is 18.2. The van der Waals surface area contributed by atoms with Gasteiger partial charge in [0.2, 0.25) is 0 Å². The monoisotopic (exact) mass is 672 g/mol. The number of hydrogen-bond donors (Lipinski definition) is 0. The Kier molecular flexibility index (Phi) is 5.08. The van der Waals surface area contributed by atoms with Crippen molar-refractivity contribution in [1.82, 2.24) is 13.8 Å². The maximum atomic E-state index is 5.48. The second-order valence-corrected chi connectivity index (χ2v) is 14.3. The van der Waals surface area contributed by atoms with Crippen molar-refractivity contribution in [2.24, 2.45) is 0 Å².